The van der Waals surface area contributed by atoms with Gasteiger partial charge in [-0.15, -0.1) is 6.58 Å². The van der Waals surface area contributed by atoms with E-state index >= 15 is 0 Å². The highest BCUT2D eigenvalue weighted by atomic mass is 16.7. The molecule has 0 aromatic rings. The minimum Gasteiger partial charge on any atom is -0.459 e. The van der Waals surface area contributed by atoms with E-state index in [1.165, 1.54) is 11.1 Å². The summed E-state index contributed by atoms with van der Waals surface area (Å²) in [4.78, 5) is 25.1. The van der Waals surface area contributed by atoms with Gasteiger partial charge in [-0.25, -0.2) is 0 Å². The first-order valence-corrected chi connectivity index (χ1v) is 13.3. The van der Waals surface area contributed by atoms with E-state index in [0.29, 0.717) is 31.3 Å². The molecule has 0 bridgehead atoms. The van der Waals surface area contributed by atoms with Gasteiger partial charge < -0.3 is 19.3 Å². The second kappa shape index (κ2) is 11.6. The lowest BCUT2D eigenvalue weighted by Gasteiger charge is -2.51. The quantitative estimate of drug-likeness (QED) is 0.320. The van der Waals surface area contributed by atoms with Gasteiger partial charge in [0.2, 0.25) is 0 Å². The van der Waals surface area contributed by atoms with E-state index in [0.717, 1.165) is 24.8 Å². The fourth-order valence-corrected chi connectivity index (χ4v) is 5.61. The van der Waals surface area contributed by atoms with Gasteiger partial charge in [-0.2, -0.15) is 0 Å². The van der Waals surface area contributed by atoms with Crippen molar-refractivity contribution < 1.29 is 28.9 Å². The van der Waals surface area contributed by atoms with Crippen molar-refractivity contribution in [2.45, 2.75) is 110 Å². The molecule has 0 aromatic carbocycles. The Bertz CT molecular complexity index is 956. The number of aliphatic hydroxyl groups excluding tert-OH is 1. The smallest absolute Gasteiger partial charge is 0.306 e. The Morgan fingerprint density at radius 3 is 2.67 bits per heavy atom. The number of ketones is 1. The van der Waals surface area contributed by atoms with E-state index in [-0.39, 0.29) is 42.4 Å². The standard InChI is InChI=1S/C30H44O6/c1-19(2)9-8-10-21(5)12-24-16-29(7,36-28(33)11-20(3)4)18-30(34-24)15-23(17-31)25-14-26(32)22(6)13-27(25)35-30/h12-13,15,20,24-25,27,31H,1,8-11,14,16-18H2,2-7H3/b21-12+/t24-,25-,27-,29-,30-/m1/s1. The third-order valence-corrected chi connectivity index (χ3v) is 7.24. The van der Waals surface area contributed by atoms with Crippen molar-refractivity contribution in [3.05, 3.63) is 47.1 Å². The number of allylic oxidation sites excluding steroid dienone is 3. The van der Waals surface area contributed by atoms with Crippen LogP contribution in [0.5, 0.6) is 0 Å². The van der Waals surface area contributed by atoms with Gasteiger partial charge in [-0.1, -0.05) is 31.1 Å². The Kier molecular flexibility index (Phi) is 9.18. The minimum absolute atomic E-state index is 0.0679. The molecule has 3 rings (SSSR count). The zero-order valence-corrected chi connectivity index (χ0v) is 22.9. The summed E-state index contributed by atoms with van der Waals surface area (Å²) in [6.07, 6.45) is 9.48. The molecular formula is C30H44O6. The number of carbonyl (C=O) groups is 2. The third-order valence-electron chi connectivity index (χ3n) is 7.24. The molecule has 36 heavy (non-hydrogen) atoms. The van der Waals surface area contributed by atoms with Crippen molar-refractivity contribution in [1.82, 2.24) is 0 Å². The Hall–Kier alpha value is -2.02. The van der Waals surface area contributed by atoms with Crippen LogP contribution in [0.15, 0.2) is 47.1 Å². The van der Waals surface area contributed by atoms with Gasteiger partial charge in [0, 0.05) is 31.6 Å². The SMILES string of the molecule is C=C(C)CCC/C(C)=C/[C@@H]1C[C@@](C)(OC(=O)CC(C)C)C[C@]2(C=C(CO)[C@H]3CC(=O)C(C)=C[C@H]3O2)O1. The van der Waals surface area contributed by atoms with E-state index in [1.54, 1.807) is 6.92 Å². The lowest BCUT2D eigenvalue weighted by atomic mass is 9.76. The van der Waals surface area contributed by atoms with Gasteiger partial charge in [-0.05, 0) is 76.2 Å². The Labute approximate surface area is 216 Å². The van der Waals surface area contributed by atoms with Crippen LogP contribution in [0.2, 0.25) is 0 Å². The lowest BCUT2D eigenvalue weighted by Crippen LogP contribution is -2.57. The Morgan fingerprint density at radius 1 is 1.31 bits per heavy atom. The molecule has 5 atom stereocenters. The van der Waals surface area contributed by atoms with Crippen LogP contribution in [-0.2, 0) is 23.8 Å². The molecule has 1 fully saturated rings. The summed E-state index contributed by atoms with van der Waals surface area (Å²) in [5.74, 6) is -1.35. The van der Waals surface area contributed by atoms with E-state index in [4.69, 9.17) is 14.2 Å². The maximum Gasteiger partial charge on any atom is 0.306 e. The normalized spacial score (nSPS) is 32.7. The molecule has 0 aromatic heterocycles. The van der Waals surface area contributed by atoms with Gasteiger partial charge >= 0.3 is 5.97 Å². The molecule has 200 valence electrons. The summed E-state index contributed by atoms with van der Waals surface area (Å²) >= 11 is 0. The van der Waals surface area contributed by atoms with Crippen LogP contribution in [0.25, 0.3) is 0 Å². The highest BCUT2D eigenvalue weighted by Crippen LogP contribution is 2.47. The number of carbonyl (C=O) groups excluding carboxylic acids is 2. The van der Waals surface area contributed by atoms with Crippen LogP contribution in [0, 0.1) is 11.8 Å². The Balaban J connectivity index is 1.93. The van der Waals surface area contributed by atoms with Gasteiger partial charge in [-0.3, -0.25) is 9.59 Å². The minimum atomic E-state index is -1.17. The van der Waals surface area contributed by atoms with Crippen LogP contribution >= 0.6 is 0 Å². The first-order chi connectivity index (χ1) is 16.8. The van der Waals surface area contributed by atoms with E-state index in [1.807, 2.05) is 39.8 Å². The highest BCUT2D eigenvalue weighted by Gasteiger charge is 2.53. The summed E-state index contributed by atoms with van der Waals surface area (Å²) < 4.78 is 19.3. The van der Waals surface area contributed by atoms with Gasteiger partial charge in [0.25, 0.3) is 0 Å². The molecule has 0 radical (unpaired) electrons. The molecule has 0 saturated carbocycles. The number of hydrogen-bond acceptors (Lipinski definition) is 6. The molecule has 1 aliphatic carbocycles. The van der Waals surface area contributed by atoms with E-state index in [2.05, 4.69) is 19.6 Å². The summed E-state index contributed by atoms with van der Waals surface area (Å²) in [5.41, 5.74) is 2.96. The first kappa shape index (κ1) is 28.5. The van der Waals surface area contributed by atoms with Crippen LogP contribution in [-0.4, -0.2) is 47.1 Å². The number of aliphatic hydroxyl groups is 1. The molecule has 1 N–H and O–H groups in total. The van der Waals surface area contributed by atoms with Crippen molar-refractivity contribution in [3.63, 3.8) is 0 Å². The highest BCUT2D eigenvalue weighted by molar-refractivity contribution is 5.96. The average molecular weight is 501 g/mol. The molecule has 3 aliphatic rings. The zero-order valence-electron chi connectivity index (χ0n) is 22.9. The molecule has 2 heterocycles. The molecule has 2 aliphatic heterocycles. The Morgan fingerprint density at radius 2 is 2.03 bits per heavy atom. The van der Waals surface area contributed by atoms with Crippen LogP contribution in [0.4, 0.5) is 0 Å². The molecule has 0 amide bonds. The van der Waals surface area contributed by atoms with E-state index < -0.39 is 11.4 Å². The second-order valence-electron chi connectivity index (χ2n) is 11.7. The van der Waals surface area contributed by atoms with Crippen molar-refractivity contribution in [3.8, 4) is 0 Å². The molecule has 6 nitrogen and oxygen atoms in total. The average Bonchev–Trinajstić information content (AvgIpc) is 2.72. The van der Waals surface area contributed by atoms with Crippen LogP contribution < -0.4 is 0 Å². The van der Waals surface area contributed by atoms with Gasteiger partial charge in [0.05, 0.1) is 18.8 Å². The van der Waals surface area contributed by atoms with Crippen molar-refractivity contribution in [2.75, 3.05) is 6.61 Å². The summed E-state index contributed by atoms with van der Waals surface area (Å²) in [7, 11) is 0. The lowest BCUT2D eigenvalue weighted by molar-refractivity contribution is -0.297. The van der Waals surface area contributed by atoms with Gasteiger partial charge in [0.1, 0.15) is 5.60 Å². The maximum atomic E-state index is 12.7. The fourth-order valence-electron chi connectivity index (χ4n) is 5.61. The number of hydrogen-bond donors (Lipinski definition) is 1. The van der Waals surface area contributed by atoms with Crippen molar-refractivity contribution >= 4 is 11.8 Å². The maximum absolute atomic E-state index is 12.7. The van der Waals surface area contributed by atoms with Crippen molar-refractivity contribution in [1.29, 1.82) is 0 Å². The summed E-state index contributed by atoms with van der Waals surface area (Å²) in [5, 5.41) is 10.2. The number of esters is 1. The number of Topliss-reactive ketones (excluding diaryl/α,β-unsaturated/α-hetero) is 1. The number of rotatable bonds is 9. The van der Waals surface area contributed by atoms with Gasteiger partial charge in [0.15, 0.2) is 11.6 Å². The topological polar surface area (TPSA) is 82.1 Å². The third kappa shape index (κ3) is 7.27. The van der Waals surface area contributed by atoms with Crippen molar-refractivity contribution in [2.24, 2.45) is 11.8 Å². The fraction of sp³-hybridized carbons (Fsp3) is 0.667. The molecule has 1 spiro atoms. The predicted molar refractivity (Wildman–Crippen MR) is 140 cm³/mol. The monoisotopic (exact) mass is 500 g/mol. The molecule has 0 unspecified atom stereocenters. The second-order valence-corrected chi connectivity index (χ2v) is 11.7. The number of fused-ring (bicyclic) bond motifs is 1. The molecule has 1 saturated heterocycles. The predicted octanol–water partition coefficient (Wildman–Crippen LogP) is 5.76. The first-order valence-electron chi connectivity index (χ1n) is 13.3. The molecular weight excluding hydrogens is 456 g/mol. The molecule has 6 heteroatoms. The summed E-state index contributed by atoms with van der Waals surface area (Å²) in [6, 6.07) is 0. The summed E-state index contributed by atoms with van der Waals surface area (Å²) in [6.45, 7) is 15.7. The largest absolute Gasteiger partial charge is 0.459 e. The van der Waals surface area contributed by atoms with Crippen LogP contribution in [0.1, 0.15) is 86.5 Å². The number of ether oxygens (including phenoxy) is 3. The zero-order chi connectivity index (χ0) is 26.7. The van der Waals surface area contributed by atoms with E-state index in [9.17, 15) is 14.7 Å². The van der Waals surface area contributed by atoms with Crippen LogP contribution in [0.3, 0.4) is 0 Å².